The van der Waals surface area contributed by atoms with E-state index < -0.39 is 0 Å². The maximum Gasteiger partial charge on any atom is 0.318 e. The highest BCUT2D eigenvalue weighted by atomic mass is 16.2. The van der Waals surface area contributed by atoms with Crippen molar-refractivity contribution in [2.45, 2.75) is 40.2 Å². The molecule has 0 aliphatic rings. The van der Waals surface area contributed by atoms with E-state index in [4.69, 9.17) is 5.10 Å². The first-order valence-electron chi connectivity index (χ1n) is 13.0. The van der Waals surface area contributed by atoms with Crippen molar-refractivity contribution in [2.24, 2.45) is 0 Å². The highest BCUT2D eigenvalue weighted by Gasteiger charge is 2.20. The van der Waals surface area contributed by atoms with Gasteiger partial charge in [0.1, 0.15) is 12.4 Å². The summed E-state index contributed by atoms with van der Waals surface area (Å²) >= 11 is 0. The fraction of sp³-hybridized carbons (Fsp3) is 0.258. The van der Waals surface area contributed by atoms with Crippen LogP contribution in [0.15, 0.2) is 84.9 Å². The molecule has 7 nitrogen and oxygen atoms in total. The van der Waals surface area contributed by atoms with Crippen LogP contribution in [0.3, 0.4) is 0 Å². The summed E-state index contributed by atoms with van der Waals surface area (Å²) in [5.74, 6) is 0.280. The van der Waals surface area contributed by atoms with Gasteiger partial charge in [-0.2, -0.15) is 5.10 Å². The summed E-state index contributed by atoms with van der Waals surface area (Å²) in [6, 6.07) is 27.3. The minimum absolute atomic E-state index is 0.0562. The molecule has 196 valence electrons. The van der Waals surface area contributed by atoms with Gasteiger partial charge in [-0.05, 0) is 37.5 Å². The average Bonchev–Trinajstić information content (AvgIpc) is 3.34. The average molecular weight is 510 g/mol. The van der Waals surface area contributed by atoms with Crippen molar-refractivity contribution < 1.29 is 9.59 Å². The molecule has 0 saturated heterocycles. The van der Waals surface area contributed by atoms with Gasteiger partial charge in [0.25, 0.3) is 0 Å². The van der Waals surface area contributed by atoms with Crippen molar-refractivity contribution in [3.63, 3.8) is 0 Å². The lowest BCUT2D eigenvalue weighted by molar-refractivity contribution is -0.116. The van der Waals surface area contributed by atoms with Crippen LogP contribution in [-0.2, 0) is 11.3 Å². The number of aryl methyl sites for hydroxylation is 2. The SMILES string of the molecule is CCCCN(CC(=O)Nc1cc(-c2ccccc2)nn1-c1ccc(C)cc1C)C(=O)NCc1ccccc1. The first kappa shape index (κ1) is 26.7. The third-order valence-electron chi connectivity index (χ3n) is 6.32. The zero-order valence-electron chi connectivity index (χ0n) is 22.3. The lowest BCUT2D eigenvalue weighted by atomic mass is 10.1. The molecule has 0 aliphatic heterocycles. The van der Waals surface area contributed by atoms with Gasteiger partial charge in [0, 0.05) is 24.7 Å². The molecule has 7 heteroatoms. The number of amides is 3. The van der Waals surface area contributed by atoms with Crippen LogP contribution < -0.4 is 10.6 Å². The summed E-state index contributed by atoms with van der Waals surface area (Å²) in [6.07, 6.45) is 1.73. The van der Waals surface area contributed by atoms with Gasteiger partial charge >= 0.3 is 6.03 Å². The van der Waals surface area contributed by atoms with Crippen LogP contribution in [0.5, 0.6) is 0 Å². The standard InChI is InChI=1S/C31H35N5O2/c1-4-5-18-35(31(38)32-21-25-12-8-6-9-13-25)22-30(37)33-29-20-27(26-14-10-7-11-15-26)34-36(29)28-17-16-23(2)19-24(28)3/h6-17,19-20H,4-5,18,21-22H2,1-3H3,(H,32,38)(H,33,37). The lowest BCUT2D eigenvalue weighted by Crippen LogP contribution is -2.44. The predicted octanol–water partition coefficient (Wildman–Crippen LogP) is 6.11. The smallest absolute Gasteiger partial charge is 0.318 e. The third-order valence-corrected chi connectivity index (χ3v) is 6.32. The number of hydrogen-bond acceptors (Lipinski definition) is 3. The van der Waals surface area contributed by atoms with Crippen molar-refractivity contribution in [3.05, 3.63) is 102 Å². The Morgan fingerprint density at radius 1 is 0.921 bits per heavy atom. The largest absolute Gasteiger partial charge is 0.334 e. The van der Waals surface area contributed by atoms with Crippen LogP contribution in [0.2, 0.25) is 0 Å². The van der Waals surface area contributed by atoms with Crippen molar-refractivity contribution in [1.29, 1.82) is 0 Å². The van der Waals surface area contributed by atoms with E-state index in [0.29, 0.717) is 18.9 Å². The van der Waals surface area contributed by atoms with E-state index in [-0.39, 0.29) is 18.5 Å². The number of rotatable bonds is 10. The monoisotopic (exact) mass is 509 g/mol. The summed E-state index contributed by atoms with van der Waals surface area (Å²) in [7, 11) is 0. The summed E-state index contributed by atoms with van der Waals surface area (Å²) < 4.78 is 1.76. The lowest BCUT2D eigenvalue weighted by Gasteiger charge is -2.22. The number of anilines is 1. The number of benzene rings is 3. The molecule has 38 heavy (non-hydrogen) atoms. The van der Waals surface area contributed by atoms with Gasteiger partial charge in [-0.25, -0.2) is 9.48 Å². The molecule has 0 atom stereocenters. The number of unbranched alkanes of at least 4 members (excludes halogenated alkanes) is 1. The molecule has 0 fully saturated rings. The fourth-order valence-corrected chi connectivity index (χ4v) is 4.29. The zero-order valence-corrected chi connectivity index (χ0v) is 22.3. The number of urea groups is 1. The first-order valence-corrected chi connectivity index (χ1v) is 13.0. The van der Waals surface area contributed by atoms with Crippen molar-refractivity contribution in [3.8, 4) is 16.9 Å². The summed E-state index contributed by atoms with van der Waals surface area (Å²) in [5, 5.41) is 10.8. The molecule has 4 rings (SSSR count). The molecular formula is C31H35N5O2. The molecule has 0 radical (unpaired) electrons. The molecule has 3 aromatic carbocycles. The van der Waals surface area contributed by atoms with E-state index in [1.54, 1.807) is 9.58 Å². The minimum Gasteiger partial charge on any atom is -0.334 e. The molecule has 0 unspecified atom stereocenters. The Morgan fingerprint density at radius 2 is 1.63 bits per heavy atom. The first-order chi connectivity index (χ1) is 18.4. The summed E-state index contributed by atoms with van der Waals surface area (Å²) in [6.45, 7) is 6.99. The molecular weight excluding hydrogens is 474 g/mol. The van der Waals surface area contributed by atoms with Gasteiger partial charge in [-0.15, -0.1) is 0 Å². The molecule has 0 aliphatic carbocycles. The second-order valence-electron chi connectivity index (χ2n) is 9.45. The molecule has 0 spiro atoms. The van der Waals surface area contributed by atoms with E-state index in [9.17, 15) is 9.59 Å². The molecule has 2 N–H and O–H groups in total. The normalized spacial score (nSPS) is 10.7. The minimum atomic E-state index is -0.276. The Morgan fingerprint density at radius 3 is 2.32 bits per heavy atom. The van der Waals surface area contributed by atoms with Gasteiger partial charge in [0.05, 0.1) is 11.4 Å². The highest BCUT2D eigenvalue weighted by Crippen LogP contribution is 2.26. The van der Waals surface area contributed by atoms with Gasteiger partial charge in [0.2, 0.25) is 5.91 Å². The molecule has 0 bridgehead atoms. The van der Waals surface area contributed by atoms with Crippen LogP contribution in [-0.4, -0.2) is 39.7 Å². The van der Waals surface area contributed by atoms with Crippen LogP contribution >= 0.6 is 0 Å². The van der Waals surface area contributed by atoms with E-state index >= 15 is 0 Å². The van der Waals surface area contributed by atoms with Gasteiger partial charge in [0.15, 0.2) is 0 Å². The number of carbonyl (C=O) groups excluding carboxylic acids is 2. The Bertz CT molecular complexity index is 1370. The maximum absolute atomic E-state index is 13.3. The Kier molecular flexibility index (Phi) is 8.93. The number of hydrogen-bond donors (Lipinski definition) is 2. The predicted molar refractivity (Wildman–Crippen MR) is 152 cm³/mol. The summed E-state index contributed by atoms with van der Waals surface area (Å²) in [4.78, 5) is 27.8. The molecule has 1 heterocycles. The van der Waals surface area contributed by atoms with Crippen LogP contribution in [0.25, 0.3) is 16.9 Å². The third kappa shape index (κ3) is 6.88. The van der Waals surface area contributed by atoms with E-state index in [0.717, 1.165) is 46.5 Å². The van der Waals surface area contributed by atoms with Gasteiger partial charge in [-0.1, -0.05) is 91.7 Å². The van der Waals surface area contributed by atoms with Crippen LogP contribution in [0.1, 0.15) is 36.5 Å². The Hall–Kier alpha value is -4.39. The number of carbonyl (C=O) groups is 2. The molecule has 4 aromatic rings. The quantitative estimate of drug-likeness (QED) is 0.271. The van der Waals surface area contributed by atoms with Gasteiger partial charge in [-0.3, -0.25) is 4.79 Å². The molecule has 3 amide bonds. The second-order valence-corrected chi connectivity index (χ2v) is 9.45. The maximum atomic E-state index is 13.3. The van der Waals surface area contributed by atoms with Crippen LogP contribution in [0.4, 0.5) is 10.6 Å². The van der Waals surface area contributed by atoms with Crippen molar-refractivity contribution >= 4 is 17.8 Å². The number of nitrogens with zero attached hydrogens (tertiary/aromatic N) is 3. The van der Waals surface area contributed by atoms with Crippen LogP contribution in [0, 0.1) is 13.8 Å². The molecule has 1 aromatic heterocycles. The zero-order chi connectivity index (χ0) is 26.9. The van der Waals surface area contributed by atoms with Crippen molar-refractivity contribution in [2.75, 3.05) is 18.4 Å². The molecule has 0 saturated carbocycles. The highest BCUT2D eigenvalue weighted by molar-refractivity contribution is 5.94. The van der Waals surface area contributed by atoms with E-state index in [1.165, 1.54) is 0 Å². The second kappa shape index (κ2) is 12.7. The van der Waals surface area contributed by atoms with Gasteiger partial charge < -0.3 is 15.5 Å². The Balaban J connectivity index is 1.54. The van der Waals surface area contributed by atoms with Crippen molar-refractivity contribution in [1.82, 2.24) is 20.0 Å². The van der Waals surface area contributed by atoms with E-state index in [2.05, 4.69) is 23.6 Å². The number of nitrogens with one attached hydrogen (secondary N) is 2. The van der Waals surface area contributed by atoms with E-state index in [1.807, 2.05) is 92.7 Å². The fourth-order valence-electron chi connectivity index (χ4n) is 4.29. The Labute approximate surface area is 224 Å². The summed E-state index contributed by atoms with van der Waals surface area (Å²) in [5.41, 5.74) is 5.80. The number of aromatic nitrogens is 2. The topological polar surface area (TPSA) is 79.3 Å².